The highest BCUT2D eigenvalue weighted by Gasteiger charge is 2.16. The maximum atomic E-state index is 11.2. The largest absolute Gasteiger partial charge is 0.398 e. The molecule has 2 rings (SSSR count). The fraction of sp³-hybridized carbons (Fsp3) is 0. The van der Waals surface area contributed by atoms with Gasteiger partial charge in [-0.2, -0.15) is 8.42 Å². The first-order valence-corrected chi connectivity index (χ1v) is 6.17. The van der Waals surface area contributed by atoms with Gasteiger partial charge in [-0.15, -0.1) is 0 Å². The lowest BCUT2D eigenvalue weighted by atomic mass is 10.1. The summed E-state index contributed by atoms with van der Waals surface area (Å²) in [7, 11) is -4.31. The average molecular weight is 258 g/mol. The second-order valence-corrected chi connectivity index (χ2v) is 5.09. The Morgan fingerprint density at radius 3 is 2.50 bits per heavy atom. The highest BCUT2D eigenvalue weighted by Crippen LogP contribution is 2.32. The lowest BCUT2D eigenvalue weighted by Crippen LogP contribution is -2.01. The quantitative estimate of drug-likeness (QED) is 0.607. The summed E-state index contributed by atoms with van der Waals surface area (Å²) in [6, 6.07) is 7.50. The number of halogens is 1. The normalized spacial score (nSPS) is 11.9. The van der Waals surface area contributed by atoms with Crippen molar-refractivity contribution in [2.24, 2.45) is 0 Å². The van der Waals surface area contributed by atoms with E-state index in [1.165, 1.54) is 18.2 Å². The molecule has 2 aromatic rings. The van der Waals surface area contributed by atoms with Gasteiger partial charge in [0.2, 0.25) is 0 Å². The molecule has 6 heteroatoms. The van der Waals surface area contributed by atoms with Crippen molar-refractivity contribution in [1.29, 1.82) is 0 Å². The minimum Gasteiger partial charge on any atom is -0.398 e. The Hall–Kier alpha value is -1.30. The van der Waals surface area contributed by atoms with Crippen LogP contribution in [0.4, 0.5) is 5.69 Å². The van der Waals surface area contributed by atoms with Crippen LogP contribution < -0.4 is 5.73 Å². The predicted octanol–water partition coefficient (Wildman–Crippen LogP) is 2.32. The molecule has 84 valence electrons. The van der Waals surface area contributed by atoms with Gasteiger partial charge in [0, 0.05) is 21.5 Å². The Balaban J connectivity index is 3.04. The molecular weight excluding hydrogens is 250 g/mol. The molecule has 2 aromatic carbocycles. The Morgan fingerprint density at radius 2 is 1.88 bits per heavy atom. The molecule has 0 saturated heterocycles. The lowest BCUT2D eigenvalue weighted by molar-refractivity contribution is 0.484. The second-order valence-electron chi connectivity index (χ2n) is 3.29. The minimum atomic E-state index is -4.31. The van der Waals surface area contributed by atoms with E-state index in [1.807, 2.05) is 0 Å². The first-order chi connectivity index (χ1) is 7.41. The van der Waals surface area contributed by atoms with Gasteiger partial charge in [-0.05, 0) is 18.2 Å². The van der Waals surface area contributed by atoms with Crippen molar-refractivity contribution in [2.75, 3.05) is 5.73 Å². The Bertz CT molecular complexity index is 667. The molecule has 0 saturated carbocycles. The van der Waals surface area contributed by atoms with Gasteiger partial charge in [-0.1, -0.05) is 23.7 Å². The van der Waals surface area contributed by atoms with Crippen molar-refractivity contribution in [3.63, 3.8) is 0 Å². The zero-order valence-electron chi connectivity index (χ0n) is 8.01. The van der Waals surface area contributed by atoms with Crippen molar-refractivity contribution in [2.45, 2.75) is 4.90 Å². The minimum absolute atomic E-state index is 0.231. The number of rotatable bonds is 1. The van der Waals surface area contributed by atoms with Gasteiger partial charge in [-0.25, -0.2) is 0 Å². The number of nitrogen functional groups attached to an aromatic ring is 1. The molecular formula is C10H8ClNO3S. The Morgan fingerprint density at radius 1 is 1.19 bits per heavy atom. The van der Waals surface area contributed by atoms with E-state index in [2.05, 4.69) is 0 Å². The van der Waals surface area contributed by atoms with Crippen LogP contribution in [0.15, 0.2) is 35.2 Å². The molecule has 0 spiro atoms. The van der Waals surface area contributed by atoms with E-state index in [9.17, 15) is 8.42 Å². The van der Waals surface area contributed by atoms with Crippen LogP contribution in [0.25, 0.3) is 10.8 Å². The van der Waals surface area contributed by atoms with Crippen LogP contribution in [0, 0.1) is 0 Å². The molecule has 4 nitrogen and oxygen atoms in total. The van der Waals surface area contributed by atoms with Crippen LogP contribution >= 0.6 is 11.6 Å². The van der Waals surface area contributed by atoms with Gasteiger partial charge in [0.05, 0.1) is 0 Å². The summed E-state index contributed by atoms with van der Waals surface area (Å²) < 4.78 is 31.4. The number of nitrogens with two attached hydrogens (primary N) is 1. The van der Waals surface area contributed by atoms with E-state index in [1.54, 1.807) is 12.1 Å². The molecule has 0 aliphatic carbocycles. The zero-order chi connectivity index (χ0) is 11.9. The number of hydrogen-bond donors (Lipinski definition) is 2. The molecule has 0 aliphatic heterocycles. The Kier molecular flexibility index (Phi) is 2.53. The standard InChI is InChI=1S/C10H8ClNO3S/c11-7-4-5-8(12)10-6(7)2-1-3-9(10)16(13,14)15/h1-5H,12H2,(H,13,14,15). The predicted molar refractivity (Wildman–Crippen MR) is 63.2 cm³/mol. The Labute approximate surface area is 97.4 Å². The number of fused-ring (bicyclic) bond motifs is 1. The lowest BCUT2D eigenvalue weighted by Gasteiger charge is -2.07. The second kappa shape index (κ2) is 3.62. The number of hydrogen-bond acceptors (Lipinski definition) is 3. The first kappa shape index (κ1) is 11.2. The SMILES string of the molecule is Nc1ccc(Cl)c2cccc(S(=O)(=O)O)c12. The molecule has 0 fully saturated rings. The summed E-state index contributed by atoms with van der Waals surface area (Å²) in [6.45, 7) is 0. The smallest absolute Gasteiger partial charge is 0.295 e. The van der Waals surface area contributed by atoms with Gasteiger partial charge in [0.1, 0.15) is 4.90 Å². The third kappa shape index (κ3) is 1.73. The molecule has 3 N–H and O–H groups in total. The first-order valence-electron chi connectivity index (χ1n) is 4.35. The van der Waals surface area contributed by atoms with Crippen LogP contribution in [0.5, 0.6) is 0 Å². The van der Waals surface area contributed by atoms with Crippen LogP contribution in [-0.4, -0.2) is 13.0 Å². The fourth-order valence-corrected chi connectivity index (χ4v) is 2.54. The molecule has 0 unspecified atom stereocenters. The third-order valence-electron chi connectivity index (χ3n) is 2.26. The summed E-state index contributed by atoms with van der Waals surface area (Å²) in [5.74, 6) is 0. The summed E-state index contributed by atoms with van der Waals surface area (Å²) in [4.78, 5) is -0.231. The van der Waals surface area contributed by atoms with E-state index in [-0.39, 0.29) is 16.0 Å². The summed E-state index contributed by atoms with van der Waals surface area (Å²) >= 11 is 5.92. The fourth-order valence-electron chi connectivity index (χ4n) is 1.58. The molecule has 0 bridgehead atoms. The maximum absolute atomic E-state index is 11.2. The molecule has 0 aliphatic rings. The van der Waals surface area contributed by atoms with Crippen LogP contribution in [0.2, 0.25) is 5.02 Å². The van der Waals surface area contributed by atoms with Gasteiger partial charge in [0.15, 0.2) is 0 Å². The maximum Gasteiger partial charge on any atom is 0.295 e. The molecule has 0 atom stereocenters. The van der Waals surface area contributed by atoms with Gasteiger partial charge in [0.25, 0.3) is 10.1 Å². The molecule has 0 amide bonds. The summed E-state index contributed by atoms with van der Waals surface area (Å²) in [5, 5.41) is 1.13. The van der Waals surface area contributed by atoms with Crippen molar-refractivity contribution < 1.29 is 13.0 Å². The van der Waals surface area contributed by atoms with Crippen molar-refractivity contribution in [3.05, 3.63) is 35.4 Å². The van der Waals surface area contributed by atoms with E-state index in [4.69, 9.17) is 21.9 Å². The van der Waals surface area contributed by atoms with Crippen LogP contribution in [-0.2, 0) is 10.1 Å². The summed E-state index contributed by atoms with van der Waals surface area (Å²) in [5.41, 5.74) is 5.95. The summed E-state index contributed by atoms with van der Waals surface area (Å²) in [6.07, 6.45) is 0. The highest BCUT2D eigenvalue weighted by molar-refractivity contribution is 7.86. The van der Waals surface area contributed by atoms with Crippen LogP contribution in [0.3, 0.4) is 0 Å². The van der Waals surface area contributed by atoms with E-state index < -0.39 is 10.1 Å². The monoisotopic (exact) mass is 257 g/mol. The molecule has 0 heterocycles. The molecule has 0 aromatic heterocycles. The molecule has 16 heavy (non-hydrogen) atoms. The van der Waals surface area contributed by atoms with Gasteiger partial charge in [-0.3, -0.25) is 4.55 Å². The average Bonchev–Trinajstić information content (AvgIpc) is 2.22. The number of anilines is 1. The molecule has 0 radical (unpaired) electrons. The van der Waals surface area contributed by atoms with E-state index in [0.29, 0.717) is 10.4 Å². The van der Waals surface area contributed by atoms with Crippen molar-refractivity contribution in [3.8, 4) is 0 Å². The zero-order valence-corrected chi connectivity index (χ0v) is 9.59. The van der Waals surface area contributed by atoms with Crippen molar-refractivity contribution >= 4 is 38.2 Å². The van der Waals surface area contributed by atoms with Gasteiger partial charge < -0.3 is 5.73 Å². The van der Waals surface area contributed by atoms with Gasteiger partial charge >= 0.3 is 0 Å². The highest BCUT2D eigenvalue weighted by atomic mass is 35.5. The number of benzene rings is 2. The topological polar surface area (TPSA) is 80.4 Å². The van der Waals surface area contributed by atoms with Crippen LogP contribution in [0.1, 0.15) is 0 Å². The van der Waals surface area contributed by atoms with Crippen molar-refractivity contribution in [1.82, 2.24) is 0 Å². The van der Waals surface area contributed by atoms with E-state index >= 15 is 0 Å². The van der Waals surface area contributed by atoms with E-state index in [0.717, 1.165) is 0 Å². The third-order valence-corrected chi connectivity index (χ3v) is 3.48.